The van der Waals surface area contributed by atoms with E-state index in [2.05, 4.69) is 40.1 Å². The van der Waals surface area contributed by atoms with Crippen LogP contribution in [0.25, 0.3) is 0 Å². The van der Waals surface area contributed by atoms with Crippen LogP contribution < -0.4 is 5.32 Å². The molecule has 0 aromatic carbocycles. The normalized spacial score (nSPS) is 16.6. The third-order valence-corrected chi connectivity index (χ3v) is 5.86. The Kier molecular flexibility index (Phi) is 6.15. The maximum Gasteiger partial charge on any atom is 0.144 e. The van der Waals surface area contributed by atoms with E-state index >= 15 is 0 Å². The van der Waals surface area contributed by atoms with E-state index in [1.54, 1.807) is 0 Å². The number of anilines is 1. The van der Waals surface area contributed by atoms with Gasteiger partial charge < -0.3 is 5.32 Å². The lowest BCUT2D eigenvalue weighted by molar-refractivity contribution is 0.516. The van der Waals surface area contributed by atoms with Crippen LogP contribution in [-0.2, 0) is 5.75 Å². The standard InChI is InChI=1S/C15H24BrN3S/c1-10(2)14-13(16)15(17-3)19-12(18-14)9-20-11-7-5-4-6-8-11/h10-11H,4-9H2,1-3H3,(H,17,18,19). The lowest BCUT2D eigenvalue weighted by Gasteiger charge is -2.21. The fraction of sp³-hybridized carbons (Fsp3) is 0.733. The molecule has 20 heavy (non-hydrogen) atoms. The Balaban J connectivity index is 2.08. The summed E-state index contributed by atoms with van der Waals surface area (Å²) in [6, 6.07) is 0. The molecule has 0 spiro atoms. The molecule has 0 atom stereocenters. The third-order valence-electron chi connectivity index (χ3n) is 3.71. The Hall–Kier alpha value is -0.290. The molecule has 1 aromatic rings. The van der Waals surface area contributed by atoms with Gasteiger partial charge in [0.1, 0.15) is 11.6 Å². The van der Waals surface area contributed by atoms with Crippen molar-refractivity contribution >= 4 is 33.5 Å². The lowest BCUT2D eigenvalue weighted by atomic mass is 10.0. The van der Waals surface area contributed by atoms with Crippen molar-refractivity contribution in [2.24, 2.45) is 0 Å². The number of rotatable bonds is 5. The summed E-state index contributed by atoms with van der Waals surface area (Å²) < 4.78 is 1.00. The van der Waals surface area contributed by atoms with Gasteiger partial charge in [0.15, 0.2) is 0 Å². The van der Waals surface area contributed by atoms with Gasteiger partial charge in [-0.3, -0.25) is 0 Å². The molecule has 1 aromatic heterocycles. The number of halogens is 1. The minimum Gasteiger partial charge on any atom is -0.372 e. The first-order chi connectivity index (χ1) is 9.61. The van der Waals surface area contributed by atoms with E-state index in [1.165, 1.54) is 32.1 Å². The van der Waals surface area contributed by atoms with Crippen LogP contribution in [0.5, 0.6) is 0 Å². The summed E-state index contributed by atoms with van der Waals surface area (Å²) in [5.74, 6) is 3.18. The average Bonchev–Trinajstić information content (AvgIpc) is 2.47. The second-order valence-electron chi connectivity index (χ2n) is 5.66. The largest absolute Gasteiger partial charge is 0.372 e. The zero-order chi connectivity index (χ0) is 14.5. The van der Waals surface area contributed by atoms with Crippen LogP contribution in [0.15, 0.2) is 4.47 Å². The quantitative estimate of drug-likeness (QED) is 0.806. The first kappa shape index (κ1) is 16.1. The summed E-state index contributed by atoms with van der Waals surface area (Å²) in [6.45, 7) is 4.34. The van der Waals surface area contributed by atoms with Gasteiger partial charge >= 0.3 is 0 Å². The van der Waals surface area contributed by atoms with Gasteiger partial charge in [0.2, 0.25) is 0 Å². The minimum atomic E-state index is 0.401. The Morgan fingerprint density at radius 1 is 1.25 bits per heavy atom. The van der Waals surface area contributed by atoms with E-state index in [4.69, 9.17) is 4.98 Å². The summed E-state index contributed by atoms with van der Waals surface area (Å²) in [7, 11) is 1.91. The number of nitrogens with one attached hydrogen (secondary N) is 1. The molecule has 0 unspecified atom stereocenters. The maximum absolute atomic E-state index is 4.75. The van der Waals surface area contributed by atoms with Crippen LogP contribution in [0.4, 0.5) is 5.82 Å². The maximum atomic E-state index is 4.75. The van der Waals surface area contributed by atoms with Crippen LogP contribution in [0.3, 0.4) is 0 Å². The molecule has 2 rings (SSSR count). The second-order valence-corrected chi connectivity index (χ2v) is 7.75. The van der Waals surface area contributed by atoms with Gasteiger partial charge in [-0.2, -0.15) is 11.8 Å². The molecule has 0 amide bonds. The van der Waals surface area contributed by atoms with Gasteiger partial charge in [-0.25, -0.2) is 9.97 Å². The van der Waals surface area contributed by atoms with Crippen molar-refractivity contribution in [2.75, 3.05) is 12.4 Å². The lowest BCUT2D eigenvalue weighted by Crippen LogP contribution is -2.10. The van der Waals surface area contributed by atoms with Gasteiger partial charge in [0.25, 0.3) is 0 Å². The van der Waals surface area contributed by atoms with Gasteiger partial charge in [0, 0.05) is 12.3 Å². The third kappa shape index (κ3) is 4.10. The molecule has 5 heteroatoms. The van der Waals surface area contributed by atoms with E-state index in [0.29, 0.717) is 5.92 Å². The molecule has 0 saturated heterocycles. The molecule has 1 saturated carbocycles. The van der Waals surface area contributed by atoms with Gasteiger partial charge in [0.05, 0.1) is 15.9 Å². The van der Waals surface area contributed by atoms with Crippen molar-refractivity contribution in [3.8, 4) is 0 Å². The van der Waals surface area contributed by atoms with Crippen LogP contribution in [-0.4, -0.2) is 22.3 Å². The molecule has 0 bridgehead atoms. The Labute approximate surface area is 134 Å². The topological polar surface area (TPSA) is 37.8 Å². The smallest absolute Gasteiger partial charge is 0.144 e. The summed E-state index contributed by atoms with van der Waals surface area (Å²) in [4.78, 5) is 9.37. The van der Waals surface area contributed by atoms with Crippen molar-refractivity contribution in [3.05, 3.63) is 16.0 Å². The van der Waals surface area contributed by atoms with Crippen molar-refractivity contribution < 1.29 is 0 Å². The molecule has 3 nitrogen and oxygen atoms in total. The molecular formula is C15H24BrN3S. The van der Waals surface area contributed by atoms with Crippen LogP contribution in [0, 0.1) is 0 Å². The zero-order valence-corrected chi connectivity index (χ0v) is 15.0. The average molecular weight is 358 g/mol. The highest BCUT2D eigenvalue weighted by molar-refractivity contribution is 9.10. The molecule has 1 N–H and O–H groups in total. The van der Waals surface area contributed by atoms with E-state index in [-0.39, 0.29) is 0 Å². The second kappa shape index (κ2) is 7.64. The molecule has 0 aliphatic heterocycles. The highest BCUT2D eigenvalue weighted by Gasteiger charge is 2.17. The molecule has 1 heterocycles. The summed E-state index contributed by atoms with van der Waals surface area (Å²) in [5.41, 5.74) is 1.10. The van der Waals surface area contributed by atoms with Crippen LogP contribution in [0.2, 0.25) is 0 Å². The fourth-order valence-corrected chi connectivity index (χ4v) is 4.56. The first-order valence-electron chi connectivity index (χ1n) is 7.47. The van der Waals surface area contributed by atoms with Crippen LogP contribution >= 0.6 is 27.7 Å². The van der Waals surface area contributed by atoms with E-state index in [9.17, 15) is 0 Å². The highest BCUT2D eigenvalue weighted by atomic mass is 79.9. The molecule has 1 aliphatic carbocycles. The first-order valence-corrected chi connectivity index (χ1v) is 9.31. The van der Waals surface area contributed by atoms with Gasteiger partial charge in [-0.15, -0.1) is 0 Å². The Morgan fingerprint density at radius 2 is 1.95 bits per heavy atom. The van der Waals surface area contributed by atoms with Crippen molar-refractivity contribution in [3.63, 3.8) is 0 Å². The van der Waals surface area contributed by atoms with Crippen molar-refractivity contribution in [1.82, 2.24) is 9.97 Å². The van der Waals surface area contributed by atoms with Crippen LogP contribution in [0.1, 0.15) is 63.4 Å². The van der Waals surface area contributed by atoms with Crippen molar-refractivity contribution in [2.45, 2.75) is 62.9 Å². The monoisotopic (exact) mass is 357 g/mol. The Morgan fingerprint density at radius 3 is 2.55 bits per heavy atom. The van der Waals surface area contributed by atoms with E-state index in [1.807, 2.05) is 18.8 Å². The molecule has 112 valence electrons. The highest BCUT2D eigenvalue weighted by Crippen LogP contribution is 2.32. The SMILES string of the molecule is CNc1nc(CSC2CCCCC2)nc(C(C)C)c1Br. The predicted octanol–water partition coefficient (Wildman–Crippen LogP) is 4.97. The number of hydrogen-bond acceptors (Lipinski definition) is 4. The number of thioether (sulfide) groups is 1. The summed E-state index contributed by atoms with van der Waals surface area (Å²) in [6.07, 6.45) is 6.90. The summed E-state index contributed by atoms with van der Waals surface area (Å²) in [5, 5.41) is 3.96. The fourth-order valence-electron chi connectivity index (χ4n) is 2.55. The molecule has 1 fully saturated rings. The number of aromatic nitrogens is 2. The minimum absolute atomic E-state index is 0.401. The van der Waals surface area contributed by atoms with Gasteiger partial charge in [-0.1, -0.05) is 33.1 Å². The predicted molar refractivity (Wildman–Crippen MR) is 91.5 cm³/mol. The molecule has 1 aliphatic rings. The van der Waals surface area contributed by atoms with E-state index < -0.39 is 0 Å². The number of hydrogen-bond donors (Lipinski definition) is 1. The van der Waals surface area contributed by atoms with E-state index in [0.717, 1.165) is 32.8 Å². The molecular weight excluding hydrogens is 334 g/mol. The van der Waals surface area contributed by atoms with Crippen molar-refractivity contribution in [1.29, 1.82) is 0 Å². The number of nitrogens with zero attached hydrogens (tertiary/aromatic N) is 2. The zero-order valence-electron chi connectivity index (χ0n) is 12.6. The summed E-state index contributed by atoms with van der Waals surface area (Å²) >= 11 is 5.64. The molecule has 0 radical (unpaired) electrons. The van der Waals surface area contributed by atoms with Gasteiger partial charge in [-0.05, 0) is 34.7 Å². The Bertz CT molecular complexity index is 445.